The second-order valence-corrected chi connectivity index (χ2v) is 8.96. The van der Waals surface area contributed by atoms with E-state index < -0.39 is 17.0 Å². The van der Waals surface area contributed by atoms with Crippen LogP contribution in [0, 0.1) is 11.6 Å². The van der Waals surface area contributed by atoms with Gasteiger partial charge in [0.2, 0.25) is 5.91 Å². The molecule has 0 aliphatic carbocycles. The number of carbonyl (C=O) groups is 1. The monoisotopic (exact) mass is 476 g/mol. The Morgan fingerprint density at radius 3 is 2.50 bits per heavy atom. The molecule has 3 N–H and O–H groups in total. The highest BCUT2D eigenvalue weighted by atomic mass is 35.5. The summed E-state index contributed by atoms with van der Waals surface area (Å²) >= 11 is 6.23. The molecule has 0 radical (unpaired) electrons. The SMILES string of the molecule is CC1(Cc2cc(F)cc(F)c2)C(=O)Nc2c(-c3cncc(N)n3)cc(-c3cccc(Cl)c3)cc21. The minimum Gasteiger partial charge on any atom is -0.382 e. The van der Waals surface area contributed by atoms with Gasteiger partial charge < -0.3 is 11.1 Å². The van der Waals surface area contributed by atoms with Crippen LogP contribution in [0.3, 0.4) is 0 Å². The van der Waals surface area contributed by atoms with Crippen LogP contribution in [0.1, 0.15) is 18.1 Å². The lowest BCUT2D eigenvalue weighted by atomic mass is 9.77. The Morgan fingerprint density at radius 1 is 1.03 bits per heavy atom. The van der Waals surface area contributed by atoms with Gasteiger partial charge >= 0.3 is 0 Å². The minimum atomic E-state index is -1.09. The predicted octanol–water partition coefficient (Wildman–Crippen LogP) is 5.78. The molecule has 1 amide bonds. The third kappa shape index (κ3) is 3.88. The largest absolute Gasteiger partial charge is 0.382 e. The molecule has 1 aliphatic rings. The van der Waals surface area contributed by atoms with Crippen molar-refractivity contribution in [3.8, 4) is 22.4 Å². The normalized spacial score (nSPS) is 16.9. The Hall–Kier alpha value is -3.84. The molecule has 1 aliphatic heterocycles. The quantitative estimate of drug-likeness (QED) is 0.391. The molecule has 170 valence electrons. The van der Waals surface area contributed by atoms with Gasteiger partial charge in [0, 0.05) is 16.7 Å². The second-order valence-electron chi connectivity index (χ2n) is 8.53. The molecule has 5 rings (SSSR count). The number of rotatable bonds is 4. The summed E-state index contributed by atoms with van der Waals surface area (Å²) in [5.41, 5.74) is 9.16. The Balaban J connectivity index is 1.73. The van der Waals surface area contributed by atoms with E-state index in [9.17, 15) is 13.6 Å². The maximum absolute atomic E-state index is 13.9. The number of amides is 1. The lowest BCUT2D eigenvalue weighted by molar-refractivity contribution is -0.120. The fourth-order valence-corrected chi connectivity index (χ4v) is 4.62. The van der Waals surface area contributed by atoms with Crippen LogP contribution in [0.2, 0.25) is 5.02 Å². The summed E-state index contributed by atoms with van der Waals surface area (Å²) in [6.45, 7) is 1.76. The van der Waals surface area contributed by atoms with E-state index in [0.717, 1.165) is 17.2 Å². The molecule has 1 aromatic heterocycles. The molecule has 0 saturated carbocycles. The zero-order valence-corrected chi connectivity index (χ0v) is 18.8. The van der Waals surface area contributed by atoms with Crippen molar-refractivity contribution in [2.45, 2.75) is 18.8 Å². The lowest BCUT2D eigenvalue weighted by Gasteiger charge is -2.23. The number of hydrogen-bond donors (Lipinski definition) is 2. The summed E-state index contributed by atoms with van der Waals surface area (Å²) in [6, 6.07) is 14.4. The van der Waals surface area contributed by atoms with E-state index in [4.69, 9.17) is 17.3 Å². The number of fused-ring (bicyclic) bond motifs is 1. The first-order chi connectivity index (χ1) is 16.2. The number of nitrogen functional groups attached to an aromatic ring is 1. The first-order valence-corrected chi connectivity index (χ1v) is 10.9. The van der Waals surface area contributed by atoms with Gasteiger partial charge in [0.1, 0.15) is 17.5 Å². The molecular formula is C26H19ClF2N4O. The topological polar surface area (TPSA) is 80.9 Å². The fourth-order valence-electron chi connectivity index (χ4n) is 4.43. The van der Waals surface area contributed by atoms with Crippen molar-refractivity contribution in [1.82, 2.24) is 9.97 Å². The van der Waals surface area contributed by atoms with E-state index in [-0.39, 0.29) is 18.1 Å². The number of benzene rings is 3. The Labute approximate surface area is 199 Å². The molecule has 1 atom stereocenters. The molecule has 34 heavy (non-hydrogen) atoms. The number of nitrogens with one attached hydrogen (secondary N) is 1. The molecular weight excluding hydrogens is 458 g/mol. The summed E-state index contributed by atoms with van der Waals surface area (Å²) in [5, 5.41) is 3.52. The van der Waals surface area contributed by atoms with E-state index in [0.29, 0.717) is 33.1 Å². The van der Waals surface area contributed by atoms with Gasteiger partial charge in [-0.1, -0.05) is 23.7 Å². The van der Waals surface area contributed by atoms with Crippen LogP contribution < -0.4 is 11.1 Å². The molecule has 0 fully saturated rings. The molecule has 5 nitrogen and oxygen atoms in total. The molecule has 0 bridgehead atoms. The number of anilines is 2. The number of aromatic nitrogens is 2. The van der Waals surface area contributed by atoms with Gasteiger partial charge in [-0.25, -0.2) is 13.8 Å². The number of nitrogens with two attached hydrogens (primary N) is 1. The van der Waals surface area contributed by atoms with Gasteiger partial charge in [-0.15, -0.1) is 0 Å². The van der Waals surface area contributed by atoms with Crippen molar-refractivity contribution in [3.05, 3.63) is 94.8 Å². The zero-order chi connectivity index (χ0) is 24.0. The summed E-state index contributed by atoms with van der Waals surface area (Å²) in [5.74, 6) is -1.43. The predicted molar refractivity (Wildman–Crippen MR) is 128 cm³/mol. The van der Waals surface area contributed by atoms with E-state index in [1.807, 2.05) is 30.3 Å². The third-order valence-corrected chi connectivity index (χ3v) is 6.27. The van der Waals surface area contributed by atoms with Gasteiger partial charge in [0.15, 0.2) is 0 Å². The average Bonchev–Trinajstić information content (AvgIpc) is 3.02. The summed E-state index contributed by atoms with van der Waals surface area (Å²) in [4.78, 5) is 21.8. The number of carbonyl (C=O) groups excluding carboxylic acids is 1. The Kier molecular flexibility index (Phi) is 5.29. The van der Waals surface area contributed by atoms with Crippen LogP contribution in [0.15, 0.2) is 67.0 Å². The molecule has 0 spiro atoms. The van der Waals surface area contributed by atoms with E-state index in [1.165, 1.54) is 18.3 Å². The molecule has 0 saturated heterocycles. The first kappa shape index (κ1) is 22.0. The van der Waals surface area contributed by atoms with Crippen LogP contribution >= 0.6 is 11.6 Å². The highest BCUT2D eigenvalue weighted by molar-refractivity contribution is 6.30. The van der Waals surface area contributed by atoms with Gasteiger partial charge in [-0.3, -0.25) is 9.78 Å². The molecule has 3 aromatic carbocycles. The first-order valence-electron chi connectivity index (χ1n) is 10.5. The summed E-state index contributed by atoms with van der Waals surface area (Å²) in [7, 11) is 0. The van der Waals surface area contributed by atoms with Crippen molar-refractivity contribution in [2.75, 3.05) is 11.1 Å². The third-order valence-electron chi connectivity index (χ3n) is 6.04. The highest BCUT2D eigenvalue weighted by Gasteiger charge is 2.44. The van der Waals surface area contributed by atoms with Crippen LogP contribution in [0.4, 0.5) is 20.3 Å². The molecule has 2 heterocycles. The van der Waals surface area contributed by atoms with Crippen LogP contribution in [0.25, 0.3) is 22.4 Å². The lowest BCUT2D eigenvalue weighted by Crippen LogP contribution is -2.33. The van der Waals surface area contributed by atoms with Crippen LogP contribution in [0.5, 0.6) is 0 Å². The maximum atomic E-state index is 13.9. The minimum absolute atomic E-state index is 0.0988. The van der Waals surface area contributed by atoms with Crippen LogP contribution in [-0.4, -0.2) is 15.9 Å². The van der Waals surface area contributed by atoms with Crippen molar-refractivity contribution in [1.29, 1.82) is 0 Å². The van der Waals surface area contributed by atoms with Gasteiger partial charge in [-0.05, 0) is 72.0 Å². The Bertz CT molecular complexity index is 1440. The number of hydrogen-bond acceptors (Lipinski definition) is 4. The highest BCUT2D eigenvalue weighted by Crippen LogP contribution is 2.47. The summed E-state index contributed by atoms with van der Waals surface area (Å²) < 4.78 is 27.8. The van der Waals surface area contributed by atoms with Gasteiger partial charge in [-0.2, -0.15) is 0 Å². The smallest absolute Gasteiger partial charge is 0.235 e. The zero-order valence-electron chi connectivity index (χ0n) is 18.1. The van der Waals surface area contributed by atoms with Crippen molar-refractivity contribution >= 4 is 29.0 Å². The van der Waals surface area contributed by atoms with Crippen molar-refractivity contribution < 1.29 is 13.6 Å². The molecule has 1 unspecified atom stereocenters. The van der Waals surface area contributed by atoms with E-state index in [1.54, 1.807) is 19.2 Å². The Morgan fingerprint density at radius 2 is 1.79 bits per heavy atom. The number of nitrogens with zero attached hydrogens (tertiary/aromatic N) is 2. The molecule has 8 heteroatoms. The fraction of sp³-hybridized carbons (Fsp3) is 0.115. The van der Waals surface area contributed by atoms with Crippen molar-refractivity contribution in [3.63, 3.8) is 0 Å². The average molecular weight is 477 g/mol. The van der Waals surface area contributed by atoms with Crippen molar-refractivity contribution in [2.24, 2.45) is 0 Å². The van der Waals surface area contributed by atoms with Gasteiger partial charge in [0.05, 0.1) is 29.2 Å². The molecule has 4 aromatic rings. The summed E-state index contributed by atoms with van der Waals surface area (Å²) in [6.07, 6.45) is 3.10. The van der Waals surface area contributed by atoms with E-state index >= 15 is 0 Å². The second kappa shape index (κ2) is 8.18. The number of halogens is 3. The maximum Gasteiger partial charge on any atom is 0.235 e. The standard InChI is InChI=1S/C26H19ClF2N4O/c1-26(11-14-5-18(28)10-19(29)6-14)21-9-16(15-3-2-4-17(27)7-15)8-20(24(21)33-25(26)34)22-12-31-13-23(30)32-22/h2-10,12-13H,11H2,1H3,(H2,30,32)(H,33,34). The van der Waals surface area contributed by atoms with E-state index in [2.05, 4.69) is 15.3 Å². The van der Waals surface area contributed by atoms with Gasteiger partial charge in [0.25, 0.3) is 0 Å². The van der Waals surface area contributed by atoms with Crippen LogP contribution in [-0.2, 0) is 16.6 Å².